The van der Waals surface area contributed by atoms with Crippen LogP contribution in [0.15, 0.2) is 48.5 Å². The number of aryl methyl sites for hydroxylation is 1. The first-order valence-electron chi connectivity index (χ1n) is 6.17. The summed E-state index contributed by atoms with van der Waals surface area (Å²) >= 11 is 6.06. The molecule has 4 nitrogen and oxygen atoms in total. The molecule has 0 saturated carbocycles. The van der Waals surface area contributed by atoms with Gasteiger partial charge in [0.15, 0.2) is 11.6 Å². The maximum Gasteiger partial charge on any atom is 0.181 e. The van der Waals surface area contributed by atoms with Gasteiger partial charge in [-0.05, 0) is 18.2 Å². The second-order valence-corrected chi connectivity index (χ2v) is 4.89. The Balaban J connectivity index is 2.07. The number of nitrogen functional groups attached to an aromatic ring is 1. The lowest BCUT2D eigenvalue weighted by Crippen LogP contribution is -1.95. The lowest BCUT2D eigenvalue weighted by atomic mass is 10.2. The molecule has 0 saturated heterocycles. The van der Waals surface area contributed by atoms with E-state index in [4.69, 9.17) is 17.3 Å². The van der Waals surface area contributed by atoms with E-state index in [9.17, 15) is 0 Å². The topological polar surface area (TPSA) is 56.7 Å². The molecule has 0 radical (unpaired) electrons. The predicted molar refractivity (Wildman–Crippen MR) is 81.3 cm³/mol. The van der Waals surface area contributed by atoms with Crippen LogP contribution >= 0.6 is 11.6 Å². The number of benzene rings is 2. The van der Waals surface area contributed by atoms with Crippen molar-refractivity contribution in [3.05, 3.63) is 53.6 Å². The SMILES string of the molecule is Cn1nc(-c2ccccc2)nc1-c1ccc(N)c(Cl)c1. The summed E-state index contributed by atoms with van der Waals surface area (Å²) in [6, 6.07) is 15.3. The minimum absolute atomic E-state index is 0.520. The van der Waals surface area contributed by atoms with E-state index in [-0.39, 0.29) is 0 Å². The van der Waals surface area contributed by atoms with Crippen molar-refractivity contribution in [3.63, 3.8) is 0 Å². The highest BCUT2D eigenvalue weighted by molar-refractivity contribution is 6.33. The lowest BCUT2D eigenvalue weighted by molar-refractivity contribution is 0.777. The van der Waals surface area contributed by atoms with E-state index in [1.54, 1.807) is 16.8 Å². The number of nitrogens with zero attached hydrogens (tertiary/aromatic N) is 3. The minimum atomic E-state index is 0.520. The average molecular weight is 285 g/mol. The van der Waals surface area contributed by atoms with Gasteiger partial charge < -0.3 is 5.73 Å². The number of hydrogen-bond acceptors (Lipinski definition) is 3. The summed E-state index contributed by atoms with van der Waals surface area (Å²) < 4.78 is 1.74. The largest absolute Gasteiger partial charge is 0.398 e. The van der Waals surface area contributed by atoms with Crippen LogP contribution in [0, 0.1) is 0 Å². The van der Waals surface area contributed by atoms with Gasteiger partial charge in [-0.2, -0.15) is 5.10 Å². The average Bonchev–Trinajstić information content (AvgIpc) is 2.85. The molecule has 3 rings (SSSR count). The van der Waals surface area contributed by atoms with E-state index >= 15 is 0 Å². The molecule has 20 heavy (non-hydrogen) atoms. The Morgan fingerprint density at radius 1 is 1.05 bits per heavy atom. The minimum Gasteiger partial charge on any atom is -0.398 e. The summed E-state index contributed by atoms with van der Waals surface area (Å²) in [5.74, 6) is 1.45. The molecule has 0 aliphatic rings. The van der Waals surface area contributed by atoms with Gasteiger partial charge in [-0.3, -0.25) is 0 Å². The first-order chi connectivity index (χ1) is 9.65. The van der Waals surface area contributed by atoms with Crippen molar-refractivity contribution in [1.82, 2.24) is 14.8 Å². The second-order valence-electron chi connectivity index (χ2n) is 4.48. The number of aromatic nitrogens is 3. The Hall–Kier alpha value is -2.33. The number of anilines is 1. The molecule has 1 aromatic heterocycles. The van der Waals surface area contributed by atoms with Crippen molar-refractivity contribution >= 4 is 17.3 Å². The standard InChI is InChI=1S/C15H13ClN4/c1-20-15(11-7-8-13(17)12(16)9-11)18-14(19-20)10-5-3-2-4-6-10/h2-9H,17H2,1H3. The van der Waals surface area contributed by atoms with E-state index in [1.807, 2.05) is 43.4 Å². The number of halogens is 1. The number of nitrogens with two attached hydrogens (primary N) is 1. The maximum absolute atomic E-state index is 6.06. The molecule has 2 N–H and O–H groups in total. The van der Waals surface area contributed by atoms with Crippen LogP contribution in [0.25, 0.3) is 22.8 Å². The molecule has 5 heteroatoms. The molecule has 1 heterocycles. The van der Waals surface area contributed by atoms with Crippen LogP contribution in [0.1, 0.15) is 0 Å². The number of hydrogen-bond donors (Lipinski definition) is 1. The Morgan fingerprint density at radius 3 is 2.50 bits per heavy atom. The zero-order valence-corrected chi connectivity index (χ0v) is 11.7. The van der Waals surface area contributed by atoms with Gasteiger partial charge in [-0.25, -0.2) is 9.67 Å². The van der Waals surface area contributed by atoms with Crippen molar-refractivity contribution in [2.24, 2.45) is 7.05 Å². The van der Waals surface area contributed by atoms with Gasteiger partial charge in [0.1, 0.15) is 0 Å². The Labute approximate surface area is 121 Å². The van der Waals surface area contributed by atoms with E-state index in [0.717, 1.165) is 17.0 Å². The molecule has 0 aliphatic carbocycles. The van der Waals surface area contributed by atoms with Crippen LogP contribution in [0.5, 0.6) is 0 Å². The zero-order chi connectivity index (χ0) is 14.1. The van der Waals surface area contributed by atoms with Gasteiger partial charge in [-0.1, -0.05) is 41.9 Å². The molecule has 0 fully saturated rings. The van der Waals surface area contributed by atoms with Crippen LogP contribution in [-0.2, 0) is 7.05 Å². The monoisotopic (exact) mass is 284 g/mol. The molecule has 0 amide bonds. The lowest BCUT2D eigenvalue weighted by Gasteiger charge is -2.02. The molecular formula is C15H13ClN4. The highest BCUT2D eigenvalue weighted by Gasteiger charge is 2.11. The van der Waals surface area contributed by atoms with Crippen LogP contribution in [0.4, 0.5) is 5.69 Å². The van der Waals surface area contributed by atoms with E-state index < -0.39 is 0 Å². The summed E-state index contributed by atoms with van der Waals surface area (Å²) in [7, 11) is 1.86. The number of rotatable bonds is 2. The van der Waals surface area contributed by atoms with Crippen molar-refractivity contribution in [3.8, 4) is 22.8 Å². The maximum atomic E-state index is 6.06. The molecular weight excluding hydrogens is 272 g/mol. The third kappa shape index (κ3) is 2.26. The normalized spacial score (nSPS) is 10.7. The molecule has 0 spiro atoms. The summed E-state index contributed by atoms with van der Waals surface area (Å²) in [6.45, 7) is 0. The van der Waals surface area contributed by atoms with Crippen molar-refractivity contribution in [2.45, 2.75) is 0 Å². The quantitative estimate of drug-likeness (QED) is 0.734. The van der Waals surface area contributed by atoms with Crippen molar-refractivity contribution in [2.75, 3.05) is 5.73 Å². The van der Waals surface area contributed by atoms with Gasteiger partial charge in [0.05, 0.1) is 10.7 Å². The van der Waals surface area contributed by atoms with Crippen molar-refractivity contribution in [1.29, 1.82) is 0 Å². The fourth-order valence-corrected chi connectivity index (χ4v) is 2.19. The molecule has 3 aromatic rings. The molecule has 0 atom stereocenters. The Morgan fingerprint density at radius 2 is 1.80 bits per heavy atom. The third-order valence-electron chi connectivity index (χ3n) is 3.05. The Kier molecular flexibility index (Phi) is 3.16. The van der Waals surface area contributed by atoms with Gasteiger partial charge >= 0.3 is 0 Å². The smallest absolute Gasteiger partial charge is 0.181 e. The van der Waals surface area contributed by atoms with E-state index in [1.165, 1.54) is 0 Å². The van der Waals surface area contributed by atoms with Gasteiger partial charge in [0.2, 0.25) is 0 Å². The fraction of sp³-hybridized carbons (Fsp3) is 0.0667. The summed E-state index contributed by atoms with van der Waals surface area (Å²) in [4.78, 5) is 4.57. The first kappa shape index (κ1) is 12.7. The van der Waals surface area contributed by atoms with Gasteiger partial charge in [0.25, 0.3) is 0 Å². The fourth-order valence-electron chi connectivity index (χ4n) is 2.01. The molecule has 0 bridgehead atoms. The first-order valence-corrected chi connectivity index (χ1v) is 6.55. The molecule has 0 aliphatic heterocycles. The van der Waals surface area contributed by atoms with Crippen molar-refractivity contribution < 1.29 is 0 Å². The summed E-state index contributed by atoms with van der Waals surface area (Å²) in [6.07, 6.45) is 0. The third-order valence-corrected chi connectivity index (χ3v) is 3.38. The summed E-state index contributed by atoms with van der Waals surface area (Å²) in [5, 5.41) is 4.96. The van der Waals surface area contributed by atoms with E-state index in [0.29, 0.717) is 16.5 Å². The molecule has 2 aromatic carbocycles. The summed E-state index contributed by atoms with van der Waals surface area (Å²) in [5.41, 5.74) is 8.16. The van der Waals surface area contributed by atoms with Crippen LogP contribution in [-0.4, -0.2) is 14.8 Å². The van der Waals surface area contributed by atoms with Gasteiger partial charge in [0, 0.05) is 18.2 Å². The predicted octanol–water partition coefficient (Wildman–Crippen LogP) is 3.38. The zero-order valence-electron chi connectivity index (χ0n) is 10.9. The molecule has 0 unspecified atom stereocenters. The molecule has 100 valence electrons. The highest BCUT2D eigenvalue weighted by Crippen LogP contribution is 2.27. The Bertz CT molecular complexity index is 750. The van der Waals surface area contributed by atoms with Gasteiger partial charge in [-0.15, -0.1) is 0 Å². The van der Waals surface area contributed by atoms with Crippen LogP contribution in [0.3, 0.4) is 0 Å². The second kappa shape index (κ2) is 4.98. The van der Waals surface area contributed by atoms with E-state index in [2.05, 4.69) is 10.1 Å². The van der Waals surface area contributed by atoms with Crippen LogP contribution < -0.4 is 5.73 Å². The highest BCUT2D eigenvalue weighted by atomic mass is 35.5. The van der Waals surface area contributed by atoms with Crippen LogP contribution in [0.2, 0.25) is 5.02 Å².